The molecule has 4 heteroatoms. The summed E-state index contributed by atoms with van der Waals surface area (Å²) in [7, 11) is -0.410. The molecule has 0 unspecified atom stereocenters. The predicted molar refractivity (Wildman–Crippen MR) is 86.1 cm³/mol. The lowest BCUT2D eigenvalue weighted by molar-refractivity contribution is 0.112. The Morgan fingerprint density at radius 1 is 0.810 bits per heavy atom. The van der Waals surface area contributed by atoms with Gasteiger partial charge >= 0.3 is 7.12 Å². The summed E-state index contributed by atoms with van der Waals surface area (Å²) in [5, 5.41) is 0. The molecule has 1 aromatic carbocycles. The topological polar surface area (TPSA) is 35.5 Å². The SMILES string of the molecule is O=Cc1ccccc1B1OCCCCCCCCCCO1. The number of rotatable bonds is 2. The summed E-state index contributed by atoms with van der Waals surface area (Å²) in [6.45, 7) is 1.38. The van der Waals surface area contributed by atoms with Gasteiger partial charge < -0.3 is 9.31 Å². The first-order valence-electron chi connectivity index (χ1n) is 8.19. The predicted octanol–water partition coefficient (Wildman–Crippen LogP) is 3.36. The fourth-order valence-corrected chi connectivity index (χ4v) is 2.71. The second-order valence-corrected chi connectivity index (χ2v) is 5.65. The molecule has 2 rings (SSSR count). The summed E-state index contributed by atoms with van der Waals surface area (Å²) in [5.41, 5.74) is 1.51. The Kier molecular flexibility index (Phi) is 7.54. The Hall–Kier alpha value is -1.13. The third-order valence-electron chi connectivity index (χ3n) is 3.95. The molecular weight excluding hydrogens is 263 g/mol. The molecule has 0 aliphatic carbocycles. The number of aldehydes is 1. The Morgan fingerprint density at radius 2 is 1.33 bits per heavy atom. The van der Waals surface area contributed by atoms with Crippen molar-refractivity contribution in [1.82, 2.24) is 0 Å². The Morgan fingerprint density at radius 3 is 1.90 bits per heavy atom. The summed E-state index contributed by atoms with van der Waals surface area (Å²) in [6.07, 6.45) is 10.7. The number of hydrogen-bond donors (Lipinski definition) is 0. The number of benzene rings is 1. The van der Waals surface area contributed by atoms with E-state index in [4.69, 9.17) is 9.31 Å². The largest absolute Gasteiger partial charge is 0.494 e. The van der Waals surface area contributed by atoms with E-state index in [1.54, 1.807) is 0 Å². The Bertz CT molecular complexity index is 408. The van der Waals surface area contributed by atoms with Crippen molar-refractivity contribution < 1.29 is 14.1 Å². The third kappa shape index (κ3) is 5.64. The molecule has 0 spiro atoms. The van der Waals surface area contributed by atoms with Crippen LogP contribution in [0.15, 0.2) is 24.3 Å². The van der Waals surface area contributed by atoms with Gasteiger partial charge in [0, 0.05) is 18.8 Å². The minimum Gasteiger partial charge on any atom is -0.407 e. The molecule has 1 heterocycles. The highest BCUT2D eigenvalue weighted by molar-refractivity contribution is 6.62. The zero-order chi connectivity index (χ0) is 14.8. The average Bonchev–Trinajstić information content (AvgIpc) is 2.56. The van der Waals surface area contributed by atoms with Gasteiger partial charge in [0.25, 0.3) is 0 Å². The average molecular weight is 288 g/mol. The maximum absolute atomic E-state index is 11.2. The smallest absolute Gasteiger partial charge is 0.407 e. The molecule has 1 aliphatic rings. The van der Waals surface area contributed by atoms with Crippen molar-refractivity contribution >= 4 is 18.9 Å². The lowest BCUT2D eigenvalue weighted by Crippen LogP contribution is -2.39. The second-order valence-electron chi connectivity index (χ2n) is 5.65. The van der Waals surface area contributed by atoms with E-state index in [2.05, 4.69) is 0 Å². The molecule has 3 nitrogen and oxygen atoms in total. The van der Waals surface area contributed by atoms with Crippen molar-refractivity contribution in [3.63, 3.8) is 0 Å². The van der Waals surface area contributed by atoms with Gasteiger partial charge in [-0.2, -0.15) is 0 Å². The monoisotopic (exact) mass is 288 g/mol. The van der Waals surface area contributed by atoms with E-state index in [9.17, 15) is 4.79 Å². The van der Waals surface area contributed by atoms with Crippen molar-refractivity contribution in [1.29, 1.82) is 0 Å². The van der Waals surface area contributed by atoms with Gasteiger partial charge in [-0.15, -0.1) is 0 Å². The van der Waals surface area contributed by atoms with E-state index in [1.807, 2.05) is 24.3 Å². The van der Waals surface area contributed by atoms with Crippen LogP contribution in [0.3, 0.4) is 0 Å². The van der Waals surface area contributed by atoms with Gasteiger partial charge in [-0.1, -0.05) is 62.8 Å². The molecular formula is C17H25BO3. The summed E-state index contributed by atoms with van der Waals surface area (Å²) in [6, 6.07) is 7.53. The minimum atomic E-state index is -0.410. The van der Waals surface area contributed by atoms with Crippen molar-refractivity contribution in [2.45, 2.75) is 51.4 Å². The van der Waals surface area contributed by atoms with Crippen LogP contribution in [0.1, 0.15) is 61.7 Å². The van der Waals surface area contributed by atoms with E-state index in [1.165, 1.54) is 38.5 Å². The molecule has 114 valence electrons. The first-order chi connectivity index (χ1) is 10.4. The fourth-order valence-electron chi connectivity index (χ4n) is 2.71. The molecule has 0 saturated carbocycles. The van der Waals surface area contributed by atoms with Crippen LogP contribution in [0.5, 0.6) is 0 Å². The highest BCUT2D eigenvalue weighted by Gasteiger charge is 2.24. The molecule has 1 fully saturated rings. The van der Waals surface area contributed by atoms with Gasteiger partial charge in [0.05, 0.1) is 0 Å². The van der Waals surface area contributed by atoms with Crippen LogP contribution < -0.4 is 5.46 Å². The zero-order valence-corrected chi connectivity index (χ0v) is 12.8. The molecule has 1 saturated heterocycles. The highest BCUT2D eigenvalue weighted by atomic mass is 16.6. The fraction of sp³-hybridized carbons (Fsp3) is 0.588. The van der Waals surface area contributed by atoms with Gasteiger partial charge in [-0.05, 0) is 18.3 Å². The van der Waals surface area contributed by atoms with Gasteiger partial charge in [0.15, 0.2) is 0 Å². The maximum atomic E-state index is 11.2. The summed E-state index contributed by atoms with van der Waals surface area (Å²) in [4.78, 5) is 11.2. The van der Waals surface area contributed by atoms with Crippen LogP contribution >= 0.6 is 0 Å². The quantitative estimate of drug-likeness (QED) is 0.618. The first kappa shape index (κ1) is 16.2. The first-order valence-corrected chi connectivity index (χ1v) is 8.19. The number of carbonyl (C=O) groups excluding carboxylic acids is 1. The molecule has 21 heavy (non-hydrogen) atoms. The van der Waals surface area contributed by atoms with Crippen molar-refractivity contribution in [2.24, 2.45) is 0 Å². The van der Waals surface area contributed by atoms with Gasteiger partial charge in [0.1, 0.15) is 6.29 Å². The van der Waals surface area contributed by atoms with Crippen LogP contribution in [0, 0.1) is 0 Å². The van der Waals surface area contributed by atoms with E-state index in [0.29, 0.717) is 18.8 Å². The molecule has 0 N–H and O–H groups in total. The molecule has 1 aromatic rings. The molecule has 0 bridgehead atoms. The van der Waals surface area contributed by atoms with E-state index >= 15 is 0 Å². The van der Waals surface area contributed by atoms with Crippen LogP contribution in [0.25, 0.3) is 0 Å². The second kappa shape index (κ2) is 9.75. The normalized spacial score (nSPS) is 19.1. The van der Waals surface area contributed by atoms with Crippen molar-refractivity contribution in [2.75, 3.05) is 13.2 Å². The van der Waals surface area contributed by atoms with E-state index in [0.717, 1.165) is 24.6 Å². The van der Waals surface area contributed by atoms with Gasteiger partial charge in [0.2, 0.25) is 0 Å². The molecule has 0 atom stereocenters. The minimum absolute atomic E-state index is 0.410. The van der Waals surface area contributed by atoms with Gasteiger partial charge in [-0.3, -0.25) is 4.79 Å². The van der Waals surface area contributed by atoms with Crippen molar-refractivity contribution in [3.05, 3.63) is 29.8 Å². The van der Waals surface area contributed by atoms with Crippen LogP contribution in [0.2, 0.25) is 0 Å². The van der Waals surface area contributed by atoms with Crippen LogP contribution in [0.4, 0.5) is 0 Å². The molecule has 0 amide bonds. The molecule has 0 radical (unpaired) electrons. The zero-order valence-electron chi connectivity index (χ0n) is 12.8. The van der Waals surface area contributed by atoms with Crippen LogP contribution in [-0.4, -0.2) is 26.6 Å². The Balaban J connectivity index is 2.00. The van der Waals surface area contributed by atoms with Crippen molar-refractivity contribution in [3.8, 4) is 0 Å². The lowest BCUT2D eigenvalue weighted by Gasteiger charge is -2.16. The van der Waals surface area contributed by atoms with Gasteiger partial charge in [-0.25, -0.2) is 0 Å². The third-order valence-corrected chi connectivity index (χ3v) is 3.95. The number of carbonyl (C=O) groups is 1. The molecule has 1 aliphatic heterocycles. The highest BCUT2D eigenvalue weighted by Crippen LogP contribution is 2.11. The maximum Gasteiger partial charge on any atom is 0.494 e. The molecule has 0 aromatic heterocycles. The Labute approximate surface area is 128 Å². The van der Waals surface area contributed by atoms with E-state index in [-0.39, 0.29) is 0 Å². The summed E-state index contributed by atoms with van der Waals surface area (Å²) < 4.78 is 11.8. The standard InChI is InChI=1S/C17H25BO3/c19-15-16-11-7-8-12-17(16)18-20-13-9-5-3-1-2-4-6-10-14-21-18/h7-8,11-12,15H,1-6,9-10,13-14H2. The van der Waals surface area contributed by atoms with E-state index < -0.39 is 7.12 Å². The summed E-state index contributed by atoms with van der Waals surface area (Å²) >= 11 is 0. The summed E-state index contributed by atoms with van der Waals surface area (Å²) in [5.74, 6) is 0. The van der Waals surface area contributed by atoms with Crippen LogP contribution in [-0.2, 0) is 9.31 Å². The lowest BCUT2D eigenvalue weighted by atomic mass is 9.76. The number of hydrogen-bond acceptors (Lipinski definition) is 3.